The molecule has 0 amide bonds. The second-order valence-corrected chi connectivity index (χ2v) is 6.63. The van der Waals surface area contributed by atoms with Crippen molar-refractivity contribution in [2.45, 2.75) is 31.7 Å². The van der Waals surface area contributed by atoms with Crippen molar-refractivity contribution in [3.05, 3.63) is 34.1 Å². The van der Waals surface area contributed by atoms with Crippen molar-refractivity contribution in [2.24, 2.45) is 17.8 Å². The van der Waals surface area contributed by atoms with E-state index in [1.165, 1.54) is 25.3 Å². The van der Waals surface area contributed by atoms with Crippen LogP contribution in [0.3, 0.4) is 0 Å². The first-order valence-corrected chi connectivity index (χ1v) is 7.60. The van der Waals surface area contributed by atoms with Crippen LogP contribution in [0.25, 0.3) is 0 Å². The molecule has 2 aliphatic carbocycles. The van der Waals surface area contributed by atoms with Crippen LogP contribution >= 0.6 is 15.9 Å². The van der Waals surface area contributed by atoms with Crippen LogP contribution in [0.5, 0.6) is 0 Å². The Morgan fingerprint density at radius 3 is 2.67 bits per heavy atom. The topological polar surface area (TPSA) is 12.0 Å². The Kier molecular flexibility index (Phi) is 3.46. The molecular weight excluding hydrogens is 293 g/mol. The molecule has 98 valence electrons. The normalized spacial score (nSPS) is 31.2. The first-order chi connectivity index (χ1) is 8.69. The van der Waals surface area contributed by atoms with Gasteiger partial charge in [-0.15, -0.1) is 0 Å². The Balaban J connectivity index is 1.70. The lowest BCUT2D eigenvalue weighted by Gasteiger charge is -2.18. The van der Waals surface area contributed by atoms with Gasteiger partial charge in [0.25, 0.3) is 0 Å². The molecule has 3 unspecified atom stereocenters. The van der Waals surface area contributed by atoms with Gasteiger partial charge in [-0.05, 0) is 67.8 Å². The lowest BCUT2D eigenvalue weighted by atomic mass is 9.97. The fraction of sp³-hybridized carbons (Fsp3) is 0.600. The highest BCUT2D eigenvalue weighted by atomic mass is 79.9. The number of nitrogens with one attached hydrogen (secondary N) is 1. The SMILES string of the molecule is CNC(Cc1cc(F)cc(Br)c1)C1C2CCCC21. The molecule has 1 aromatic rings. The monoisotopic (exact) mass is 311 g/mol. The summed E-state index contributed by atoms with van der Waals surface area (Å²) < 4.78 is 14.2. The van der Waals surface area contributed by atoms with Crippen molar-refractivity contribution in [3.8, 4) is 0 Å². The Hall–Kier alpha value is -0.410. The third-order valence-electron chi connectivity index (χ3n) is 4.69. The molecule has 18 heavy (non-hydrogen) atoms. The molecule has 3 heteroatoms. The maximum absolute atomic E-state index is 13.4. The molecule has 2 fully saturated rings. The highest BCUT2D eigenvalue weighted by Gasteiger charge is 2.55. The third-order valence-corrected chi connectivity index (χ3v) is 5.14. The second kappa shape index (κ2) is 4.93. The quantitative estimate of drug-likeness (QED) is 0.892. The van der Waals surface area contributed by atoms with E-state index in [0.717, 1.165) is 34.2 Å². The van der Waals surface area contributed by atoms with Crippen LogP contribution in [0.15, 0.2) is 22.7 Å². The van der Waals surface area contributed by atoms with Gasteiger partial charge in [0.1, 0.15) is 5.82 Å². The largest absolute Gasteiger partial charge is 0.316 e. The molecule has 1 N–H and O–H groups in total. The standard InChI is InChI=1S/C15H19BrFN/c1-18-14(15-12-3-2-4-13(12)15)7-9-5-10(16)8-11(17)6-9/h5-6,8,12-15,18H,2-4,7H2,1H3. The van der Waals surface area contributed by atoms with Gasteiger partial charge in [-0.2, -0.15) is 0 Å². The summed E-state index contributed by atoms with van der Waals surface area (Å²) in [5.41, 5.74) is 1.09. The van der Waals surface area contributed by atoms with E-state index in [4.69, 9.17) is 0 Å². The molecule has 3 rings (SSSR count). The Morgan fingerprint density at radius 1 is 1.33 bits per heavy atom. The van der Waals surface area contributed by atoms with Crippen molar-refractivity contribution in [2.75, 3.05) is 7.05 Å². The van der Waals surface area contributed by atoms with Crippen LogP contribution in [-0.2, 0) is 6.42 Å². The van der Waals surface area contributed by atoms with Gasteiger partial charge in [0.15, 0.2) is 0 Å². The highest BCUT2D eigenvalue weighted by Crippen LogP contribution is 2.59. The number of fused-ring (bicyclic) bond motifs is 1. The summed E-state index contributed by atoms with van der Waals surface area (Å²) in [6.07, 6.45) is 5.15. The molecule has 0 radical (unpaired) electrons. The van der Waals surface area contributed by atoms with Gasteiger partial charge >= 0.3 is 0 Å². The minimum absolute atomic E-state index is 0.148. The number of rotatable bonds is 4. The van der Waals surface area contributed by atoms with Crippen LogP contribution < -0.4 is 5.32 Å². The van der Waals surface area contributed by atoms with Gasteiger partial charge < -0.3 is 5.32 Å². The molecule has 3 atom stereocenters. The average Bonchev–Trinajstić information content (AvgIpc) is 2.79. The summed E-state index contributed by atoms with van der Waals surface area (Å²) in [5.74, 6) is 2.56. The van der Waals surface area contributed by atoms with Crippen molar-refractivity contribution < 1.29 is 4.39 Å². The summed E-state index contributed by atoms with van der Waals surface area (Å²) in [6.45, 7) is 0. The summed E-state index contributed by atoms with van der Waals surface area (Å²) in [7, 11) is 2.03. The van der Waals surface area contributed by atoms with E-state index >= 15 is 0 Å². The van der Waals surface area contributed by atoms with Crippen LogP contribution in [0.2, 0.25) is 0 Å². The van der Waals surface area contributed by atoms with Crippen molar-refractivity contribution >= 4 is 15.9 Å². The third kappa shape index (κ3) is 2.35. The number of benzene rings is 1. The van der Waals surface area contributed by atoms with E-state index in [1.807, 2.05) is 13.1 Å². The van der Waals surface area contributed by atoms with Crippen LogP contribution in [0.1, 0.15) is 24.8 Å². The zero-order chi connectivity index (χ0) is 12.7. The summed E-state index contributed by atoms with van der Waals surface area (Å²) in [6, 6.07) is 5.72. The van der Waals surface area contributed by atoms with E-state index < -0.39 is 0 Å². The van der Waals surface area contributed by atoms with Gasteiger partial charge in [-0.1, -0.05) is 22.4 Å². The van der Waals surface area contributed by atoms with Gasteiger partial charge in [-0.3, -0.25) is 0 Å². The van der Waals surface area contributed by atoms with E-state index in [-0.39, 0.29) is 5.82 Å². The van der Waals surface area contributed by atoms with Crippen LogP contribution in [0.4, 0.5) is 4.39 Å². The number of halogens is 2. The summed E-state index contributed by atoms with van der Waals surface area (Å²) in [5, 5.41) is 3.44. The minimum Gasteiger partial charge on any atom is -0.316 e. The average molecular weight is 312 g/mol. The Labute approximate surface area is 116 Å². The molecule has 1 nitrogen and oxygen atoms in total. The zero-order valence-electron chi connectivity index (χ0n) is 10.6. The van der Waals surface area contributed by atoms with Gasteiger partial charge in [-0.25, -0.2) is 4.39 Å². The Bertz CT molecular complexity index is 418. The summed E-state index contributed by atoms with van der Waals surface area (Å²) in [4.78, 5) is 0. The number of hydrogen-bond donors (Lipinski definition) is 1. The van der Waals surface area contributed by atoms with Gasteiger partial charge in [0.2, 0.25) is 0 Å². The van der Waals surface area contributed by atoms with E-state index in [9.17, 15) is 4.39 Å². The molecule has 0 aliphatic heterocycles. The maximum Gasteiger partial charge on any atom is 0.124 e. The zero-order valence-corrected chi connectivity index (χ0v) is 12.2. The fourth-order valence-corrected chi connectivity index (χ4v) is 4.40. The van der Waals surface area contributed by atoms with E-state index in [2.05, 4.69) is 21.2 Å². The predicted octanol–water partition coefficient (Wildman–Crippen LogP) is 3.76. The lowest BCUT2D eigenvalue weighted by molar-refractivity contribution is 0.428. The van der Waals surface area contributed by atoms with Crippen molar-refractivity contribution in [1.29, 1.82) is 0 Å². The Morgan fingerprint density at radius 2 is 2.06 bits per heavy atom. The van der Waals surface area contributed by atoms with Gasteiger partial charge in [0, 0.05) is 10.5 Å². The number of likely N-dealkylation sites (N-methyl/N-ethyl adjacent to an activating group) is 1. The predicted molar refractivity (Wildman–Crippen MR) is 75.0 cm³/mol. The molecule has 0 heterocycles. The first kappa shape index (κ1) is 12.6. The molecule has 2 aliphatic rings. The molecule has 0 saturated heterocycles. The summed E-state index contributed by atoms with van der Waals surface area (Å²) >= 11 is 3.37. The van der Waals surface area contributed by atoms with E-state index in [0.29, 0.717) is 6.04 Å². The molecule has 2 saturated carbocycles. The van der Waals surface area contributed by atoms with Crippen molar-refractivity contribution in [1.82, 2.24) is 5.32 Å². The van der Waals surface area contributed by atoms with E-state index in [1.54, 1.807) is 6.07 Å². The van der Waals surface area contributed by atoms with Gasteiger partial charge in [0.05, 0.1) is 0 Å². The van der Waals surface area contributed by atoms with Crippen molar-refractivity contribution in [3.63, 3.8) is 0 Å². The number of hydrogen-bond acceptors (Lipinski definition) is 1. The molecular formula is C15H19BrFN. The molecule has 0 spiro atoms. The maximum atomic E-state index is 13.4. The second-order valence-electron chi connectivity index (χ2n) is 5.71. The fourth-order valence-electron chi connectivity index (χ4n) is 3.89. The minimum atomic E-state index is -0.148. The van der Waals surface area contributed by atoms with Crippen LogP contribution in [0, 0.1) is 23.6 Å². The molecule has 0 aromatic heterocycles. The molecule has 1 aromatic carbocycles. The highest BCUT2D eigenvalue weighted by molar-refractivity contribution is 9.10. The smallest absolute Gasteiger partial charge is 0.124 e. The lowest BCUT2D eigenvalue weighted by Crippen LogP contribution is -2.31. The van der Waals surface area contributed by atoms with Crippen LogP contribution in [-0.4, -0.2) is 13.1 Å². The molecule has 0 bridgehead atoms. The first-order valence-electron chi connectivity index (χ1n) is 6.81.